The molecule has 4 nitrogen and oxygen atoms in total. The summed E-state index contributed by atoms with van der Waals surface area (Å²) in [5.74, 6) is 1.62. The van der Waals surface area contributed by atoms with Crippen LogP contribution in [0.1, 0.15) is 5.76 Å². The number of furan rings is 1. The number of methoxy groups -OCH3 is 1. The molecule has 2 aromatic heterocycles. The van der Waals surface area contributed by atoms with Crippen LogP contribution in [-0.2, 0) is 6.54 Å². The van der Waals surface area contributed by atoms with Gasteiger partial charge < -0.3 is 14.5 Å². The first kappa shape index (κ1) is 11.1. The number of benzene rings is 1. The lowest BCUT2D eigenvalue weighted by molar-refractivity contribution is 0.408. The Bertz CT molecular complexity index is 646. The number of rotatable bonds is 4. The van der Waals surface area contributed by atoms with Crippen LogP contribution in [0, 0.1) is 0 Å². The second-order valence-corrected chi connectivity index (χ2v) is 4.68. The summed E-state index contributed by atoms with van der Waals surface area (Å²) >= 11 is 1.57. The number of para-hydroxylation sites is 1. The Morgan fingerprint density at radius 2 is 2.39 bits per heavy atom. The van der Waals surface area contributed by atoms with Gasteiger partial charge in [0.2, 0.25) is 0 Å². The molecule has 1 aromatic carbocycles. The van der Waals surface area contributed by atoms with E-state index < -0.39 is 0 Å². The molecular formula is C13H12N2O2S. The Morgan fingerprint density at radius 3 is 3.17 bits per heavy atom. The lowest BCUT2D eigenvalue weighted by Gasteiger charge is -1.99. The summed E-state index contributed by atoms with van der Waals surface area (Å²) in [6.07, 6.45) is 1.77. The van der Waals surface area contributed by atoms with E-state index in [-0.39, 0.29) is 0 Å². The molecule has 0 amide bonds. The SMILES string of the molecule is COc1cccc2cc(CNc3nccs3)oc12. The van der Waals surface area contributed by atoms with Crippen LogP contribution in [0.15, 0.2) is 40.3 Å². The Labute approximate surface area is 108 Å². The monoisotopic (exact) mass is 260 g/mol. The average molecular weight is 260 g/mol. The number of fused-ring (bicyclic) bond motifs is 1. The molecule has 0 bridgehead atoms. The number of thiazole rings is 1. The normalized spacial score (nSPS) is 10.7. The highest BCUT2D eigenvalue weighted by molar-refractivity contribution is 7.13. The molecule has 0 aliphatic carbocycles. The number of anilines is 1. The predicted octanol–water partition coefficient (Wildman–Crippen LogP) is 3.51. The molecule has 0 fully saturated rings. The van der Waals surface area contributed by atoms with E-state index >= 15 is 0 Å². The maximum atomic E-state index is 5.78. The third kappa shape index (κ3) is 2.04. The lowest BCUT2D eigenvalue weighted by Crippen LogP contribution is -1.96. The minimum Gasteiger partial charge on any atom is -0.493 e. The van der Waals surface area contributed by atoms with E-state index in [9.17, 15) is 0 Å². The van der Waals surface area contributed by atoms with Gasteiger partial charge in [0.15, 0.2) is 16.5 Å². The van der Waals surface area contributed by atoms with E-state index in [1.807, 2.05) is 29.6 Å². The molecule has 0 spiro atoms. The zero-order valence-corrected chi connectivity index (χ0v) is 10.7. The molecular weight excluding hydrogens is 248 g/mol. The van der Waals surface area contributed by atoms with Crippen LogP contribution >= 0.6 is 11.3 Å². The number of hydrogen-bond donors (Lipinski definition) is 1. The van der Waals surface area contributed by atoms with Gasteiger partial charge in [-0.25, -0.2) is 4.98 Å². The molecule has 0 radical (unpaired) electrons. The van der Waals surface area contributed by atoms with Crippen LogP contribution in [-0.4, -0.2) is 12.1 Å². The topological polar surface area (TPSA) is 47.3 Å². The van der Waals surface area contributed by atoms with E-state index in [0.29, 0.717) is 6.54 Å². The highest BCUT2D eigenvalue weighted by atomic mass is 32.1. The van der Waals surface area contributed by atoms with Gasteiger partial charge in [0, 0.05) is 17.0 Å². The summed E-state index contributed by atoms with van der Waals surface area (Å²) in [7, 11) is 1.64. The number of hydrogen-bond acceptors (Lipinski definition) is 5. The third-order valence-electron chi connectivity index (χ3n) is 2.63. The Balaban J connectivity index is 1.85. The van der Waals surface area contributed by atoms with Gasteiger partial charge >= 0.3 is 0 Å². The predicted molar refractivity (Wildman–Crippen MR) is 72.2 cm³/mol. The van der Waals surface area contributed by atoms with Crippen molar-refractivity contribution in [3.63, 3.8) is 0 Å². The van der Waals surface area contributed by atoms with Crippen molar-refractivity contribution in [2.24, 2.45) is 0 Å². The second kappa shape index (κ2) is 4.70. The van der Waals surface area contributed by atoms with Crippen molar-refractivity contribution in [3.8, 4) is 5.75 Å². The van der Waals surface area contributed by atoms with Crippen LogP contribution < -0.4 is 10.1 Å². The first-order chi connectivity index (χ1) is 8.86. The summed E-state index contributed by atoms with van der Waals surface area (Å²) in [5, 5.41) is 7.08. The molecule has 2 heterocycles. The van der Waals surface area contributed by atoms with Gasteiger partial charge in [-0.3, -0.25) is 0 Å². The number of aromatic nitrogens is 1. The van der Waals surface area contributed by atoms with Crippen LogP contribution in [0.5, 0.6) is 5.75 Å². The van der Waals surface area contributed by atoms with Crippen molar-refractivity contribution >= 4 is 27.4 Å². The molecule has 0 aliphatic heterocycles. The van der Waals surface area contributed by atoms with E-state index in [4.69, 9.17) is 9.15 Å². The summed E-state index contributed by atoms with van der Waals surface area (Å²) in [5.41, 5.74) is 0.788. The molecule has 0 unspecified atom stereocenters. The Morgan fingerprint density at radius 1 is 1.44 bits per heavy atom. The van der Waals surface area contributed by atoms with Gasteiger partial charge in [0.1, 0.15) is 5.76 Å². The van der Waals surface area contributed by atoms with Gasteiger partial charge in [-0.05, 0) is 12.1 Å². The number of nitrogens with one attached hydrogen (secondary N) is 1. The third-order valence-corrected chi connectivity index (χ3v) is 3.36. The maximum Gasteiger partial charge on any atom is 0.182 e. The zero-order valence-electron chi connectivity index (χ0n) is 9.84. The average Bonchev–Trinajstić information content (AvgIpc) is 3.04. The quantitative estimate of drug-likeness (QED) is 0.779. The van der Waals surface area contributed by atoms with E-state index in [1.165, 1.54) is 0 Å². The minimum atomic E-state index is 0.616. The van der Waals surface area contributed by atoms with Crippen molar-refractivity contribution in [3.05, 3.63) is 41.6 Å². The fourth-order valence-corrected chi connectivity index (χ4v) is 2.34. The highest BCUT2D eigenvalue weighted by Crippen LogP contribution is 2.28. The fraction of sp³-hybridized carbons (Fsp3) is 0.154. The molecule has 3 aromatic rings. The van der Waals surface area contributed by atoms with Gasteiger partial charge in [0.05, 0.1) is 13.7 Å². The standard InChI is InChI=1S/C13H12N2O2S/c1-16-11-4-2-3-9-7-10(17-12(9)11)8-15-13-14-5-6-18-13/h2-7H,8H2,1H3,(H,14,15). The molecule has 0 saturated heterocycles. The largest absolute Gasteiger partial charge is 0.493 e. The minimum absolute atomic E-state index is 0.616. The van der Waals surface area contributed by atoms with Crippen LogP contribution in [0.2, 0.25) is 0 Å². The summed E-state index contributed by atoms with van der Waals surface area (Å²) in [6.45, 7) is 0.616. The fourth-order valence-electron chi connectivity index (χ4n) is 1.81. The molecule has 1 N–H and O–H groups in total. The van der Waals surface area contributed by atoms with Gasteiger partial charge in [-0.1, -0.05) is 12.1 Å². The van der Waals surface area contributed by atoms with E-state index in [2.05, 4.69) is 10.3 Å². The first-order valence-corrected chi connectivity index (χ1v) is 6.43. The molecule has 3 rings (SSSR count). The molecule has 0 saturated carbocycles. The van der Waals surface area contributed by atoms with Crippen molar-refractivity contribution in [2.75, 3.05) is 12.4 Å². The maximum absolute atomic E-state index is 5.78. The molecule has 18 heavy (non-hydrogen) atoms. The molecule has 92 valence electrons. The molecule has 5 heteroatoms. The van der Waals surface area contributed by atoms with Crippen molar-refractivity contribution in [2.45, 2.75) is 6.54 Å². The van der Waals surface area contributed by atoms with Gasteiger partial charge in [0.25, 0.3) is 0 Å². The number of ether oxygens (including phenoxy) is 1. The van der Waals surface area contributed by atoms with E-state index in [0.717, 1.165) is 27.6 Å². The van der Waals surface area contributed by atoms with Crippen molar-refractivity contribution in [1.82, 2.24) is 4.98 Å². The highest BCUT2D eigenvalue weighted by Gasteiger charge is 2.08. The van der Waals surface area contributed by atoms with Gasteiger partial charge in [-0.15, -0.1) is 11.3 Å². The lowest BCUT2D eigenvalue weighted by atomic mass is 10.2. The van der Waals surface area contributed by atoms with Gasteiger partial charge in [-0.2, -0.15) is 0 Å². The molecule has 0 atom stereocenters. The van der Waals surface area contributed by atoms with Crippen LogP contribution in [0.25, 0.3) is 11.0 Å². The van der Waals surface area contributed by atoms with Crippen molar-refractivity contribution < 1.29 is 9.15 Å². The smallest absolute Gasteiger partial charge is 0.182 e. The summed E-state index contributed by atoms with van der Waals surface area (Å²) in [6, 6.07) is 7.87. The Kier molecular flexibility index (Phi) is 2.90. The Hall–Kier alpha value is -2.01. The van der Waals surface area contributed by atoms with Crippen LogP contribution in [0.3, 0.4) is 0 Å². The second-order valence-electron chi connectivity index (χ2n) is 3.78. The van der Waals surface area contributed by atoms with E-state index in [1.54, 1.807) is 24.6 Å². The summed E-state index contributed by atoms with van der Waals surface area (Å²) < 4.78 is 11.0. The van der Waals surface area contributed by atoms with Crippen LogP contribution in [0.4, 0.5) is 5.13 Å². The first-order valence-electron chi connectivity index (χ1n) is 5.55. The molecule has 0 aliphatic rings. The zero-order chi connectivity index (χ0) is 12.4. The number of nitrogens with zero attached hydrogens (tertiary/aromatic N) is 1. The van der Waals surface area contributed by atoms with Crippen molar-refractivity contribution in [1.29, 1.82) is 0 Å². The summed E-state index contributed by atoms with van der Waals surface area (Å²) in [4.78, 5) is 4.16.